The minimum Gasteiger partial charge on any atom is -0.342 e. The number of pyridine rings is 1. The van der Waals surface area contributed by atoms with Crippen molar-refractivity contribution in [2.24, 2.45) is 5.41 Å². The molecule has 1 aliphatic rings. The molecule has 1 saturated heterocycles. The molecule has 2 heterocycles. The topological polar surface area (TPSA) is 53.5 Å². The van der Waals surface area contributed by atoms with Gasteiger partial charge in [0.2, 0.25) is 11.8 Å². The highest BCUT2D eigenvalue weighted by atomic mass is 16.2. The first-order chi connectivity index (χ1) is 9.33. The van der Waals surface area contributed by atoms with Gasteiger partial charge >= 0.3 is 0 Å². The average molecular weight is 275 g/mol. The number of rotatable bonds is 2. The van der Waals surface area contributed by atoms with E-state index in [0.717, 1.165) is 5.56 Å². The van der Waals surface area contributed by atoms with Gasteiger partial charge in [0.05, 0.1) is 5.41 Å². The summed E-state index contributed by atoms with van der Waals surface area (Å²) in [5.41, 5.74) is 0.539. The summed E-state index contributed by atoms with van der Waals surface area (Å²) in [6.45, 7) is 6.55. The van der Waals surface area contributed by atoms with Crippen molar-refractivity contribution >= 4 is 17.6 Å². The molecule has 0 aliphatic carbocycles. The number of carbonyl (C=O) groups is 2. The van der Waals surface area contributed by atoms with Gasteiger partial charge in [-0.15, -0.1) is 0 Å². The molecule has 1 fully saturated rings. The van der Waals surface area contributed by atoms with Crippen molar-refractivity contribution in [3.63, 3.8) is 0 Å². The van der Waals surface area contributed by atoms with Crippen LogP contribution in [0.5, 0.6) is 0 Å². The van der Waals surface area contributed by atoms with E-state index in [9.17, 15) is 9.59 Å². The molecule has 0 bridgehead atoms. The molecule has 2 amide bonds. The molecule has 1 atom stereocenters. The third kappa shape index (κ3) is 2.66. The van der Waals surface area contributed by atoms with Crippen molar-refractivity contribution in [3.05, 3.63) is 23.9 Å². The van der Waals surface area contributed by atoms with E-state index >= 15 is 0 Å². The molecule has 2 rings (SSSR count). The van der Waals surface area contributed by atoms with E-state index in [0.29, 0.717) is 25.3 Å². The zero-order valence-corrected chi connectivity index (χ0v) is 12.5. The number of aromatic nitrogens is 1. The second-order valence-corrected chi connectivity index (χ2v) is 5.81. The minimum atomic E-state index is -0.521. The summed E-state index contributed by atoms with van der Waals surface area (Å²) in [5.74, 6) is 0.679. The Balaban J connectivity index is 2.14. The summed E-state index contributed by atoms with van der Waals surface area (Å²) < 4.78 is 0. The van der Waals surface area contributed by atoms with Crippen molar-refractivity contribution in [3.8, 4) is 0 Å². The Hall–Kier alpha value is -1.91. The Bertz CT molecular complexity index is 526. The molecular formula is C15H21N3O2. The first kappa shape index (κ1) is 14.5. The van der Waals surface area contributed by atoms with Crippen LogP contribution in [0.1, 0.15) is 25.8 Å². The van der Waals surface area contributed by atoms with E-state index in [2.05, 4.69) is 4.98 Å². The van der Waals surface area contributed by atoms with Crippen LogP contribution in [0.15, 0.2) is 18.3 Å². The Morgan fingerprint density at radius 1 is 1.40 bits per heavy atom. The molecule has 1 aromatic rings. The average Bonchev–Trinajstić information content (AvgIpc) is 2.82. The summed E-state index contributed by atoms with van der Waals surface area (Å²) >= 11 is 0. The normalized spacial score (nSPS) is 21.9. The van der Waals surface area contributed by atoms with Crippen molar-refractivity contribution in [1.29, 1.82) is 0 Å². The SMILES string of the molecule is CC(=O)N1CCC(C)(C(=O)N(C)c2ccc(C)cn2)C1. The zero-order chi connectivity index (χ0) is 14.9. The summed E-state index contributed by atoms with van der Waals surface area (Å²) in [7, 11) is 1.74. The smallest absolute Gasteiger partial charge is 0.235 e. The minimum absolute atomic E-state index is 0.0117. The molecule has 0 spiro atoms. The van der Waals surface area contributed by atoms with Gasteiger partial charge in [0.1, 0.15) is 5.82 Å². The van der Waals surface area contributed by atoms with Crippen molar-refractivity contribution in [2.75, 3.05) is 25.0 Å². The lowest BCUT2D eigenvalue weighted by molar-refractivity contribution is -0.130. The van der Waals surface area contributed by atoms with E-state index < -0.39 is 5.41 Å². The number of carbonyl (C=O) groups excluding carboxylic acids is 2. The Labute approximate surface area is 119 Å². The highest BCUT2D eigenvalue weighted by Crippen LogP contribution is 2.32. The fraction of sp³-hybridized carbons (Fsp3) is 0.533. The molecule has 0 N–H and O–H groups in total. The standard InChI is InChI=1S/C15H21N3O2/c1-11-5-6-13(16-9-11)17(4)14(20)15(3)7-8-18(10-15)12(2)19/h5-6,9H,7-8,10H2,1-4H3. The second kappa shape index (κ2) is 5.23. The van der Waals surface area contributed by atoms with Crippen LogP contribution in [-0.4, -0.2) is 41.8 Å². The first-order valence-electron chi connectivity index (χ1n) is 6.80. The molecule has 0 saturated carbocycles. The van der Waals surface area contributed by atoms with E-state index in [-0.39, 0.29) is 11.8 Å². The van der Waals surface area contributed by atoms with Crippen molar-refractivity contribution in [1.82, 2.24) is 9.88 Å². The highest BCUT2D eigenvalue weighted by Gasteiger charge is 2.43. The highest BCUT2D eigenvalue weighted by molar-refractivity contribution is 5.97. The van der Waals surface area contributed by atoms with Crippen LogP contribution in [0.4, 0.5) is 5.82 Å². The van der Waals surface area contributed by atoms with Crippen LogP contribution < -0.4 is 4.90 Å². The lowest BCUT2D eigenvalue weighted by atomic mass is 9.88. The predicted molar refractivity (Wildman–Crippen MR) is 77.4 cm³/mol. The molecular weight excluding hydrogens is 254 g/mol. The molecule has 5 heteroatoms. The van der Waals surface area contributed by atoms with Crippen LogP contribution in [-0.2, 0) is 9.59 Å². The van der Waals surface area contributed by atoms with Crippen LogP contribution >= 0.6 is 0 Å². The number of likely N-dealkylation sites (tertiary alicyclic amines) is 1. The number of hydrogen-bond donors (Lipinski definition) is 0. The monoisotopic (exact) mass is 275 g/mol. The maximum atomic E-state index is 12.7. The number of nitrogens with zero attached hydrogens (tertiary/aromatic N) is 3. The van der Waals surface area contributed by atoms with Gasteiger partial charge in [-0.05, 0) is 31.9 Å². The van der Waals surface area contributed by atoms with Gasteiger partial charge in [0.25, 0.3) is 0 Å². The lowest BCUT2D eigenvalue weighted by Gasteiger charge is -2.28. The van der Waals surface area contributed by atoms with Gasteiger partial charge < -0.3 is 4.90 Å². The molecule has 0 radical (unpaired) electrons. The number of hydrogen-bond acceptors (Lipinski definition) is 3. The Morgan fingerprint density at radius 2 is 2.10 bits per heavy atom. The van der Waals surface area contributed by atoms with Gasteiger partial charge in [-0.2, -0.15) is 0 Å². The molecule has 1 unspecified atom stereocenters. The third-order valence-corrected chi connectivity index (χ3v) is 3.98. The number of amides is 2. The van der Waals surface area contributed by atoms with E-state index in [4.69, 9.17) is 0 Å². The predicted octanol–water partition coefficient (Wildman–Crippen LogP) is 1.61. The molecule has 1 aromatic heterocycles. The van der Waals surface area contributed by atoms with Crippen LogP contribution in [0.2, 0.25) is 0 Å². The molecule has 0 aromatic carbocycles. The zero-order valence-electron chi connectivity index (χ0n) is 12.5. The Morgan fingerprint density at radius 3 is 2.60 bits per heavy atom. The maximum absolute atomic E-state index is 12.7. The molecule has 1 aliphatic heterocycles. The molecule has 5 nitrogen and oxygen atoms in total. The number of anilines is 1. The van der Waals surface area contributed by atoms with Gasteiger partial charge in [-0.1, -0.05) is 6.07 Å². The largest absolute Gasteiger partial charge is 0.342 e. The summed E-state index contributed by atoms with van der Waals surface area (Å²) in [6, 6.07) is 3.78. The van der Waals surface area contributed by atoms with Gasteiger partial charge in [0.15, 0.2) is 0 Å². The van der Waals surface area contributed by atoms with E-state index in [1.807, 2.05) is 26.0 Å². The van der Waals surface area contributed by atoms with Gasteiger partial charge in [-0.25, -0.2) is 4.98 Å². The van der Waals surface area contributed by atoms with Crippen LogP contribution in [0.3, 0.4) is 0 Å². The molecule has 20 heavy (non-hydrogen) atoms. The fourth-order valence-electron chi connectivity index (χ4n) is 2.57. The molecule has 108 valence electrons. The van der Waals surface area contributed by atoms with Crippen LogP contribution in [0.25, 0.3) is 0 Å². The summed E-state index contributed by atoms with van der Waals surface area (Å²) in [6.07, 6.45) is 2.44. The van der Waals surface area contributed by atoms with Crippen LogP contribution in [0, 0.1) is 12.3 Å². The quantitative estimate of drug-likeness (QED) is 0.824. The van der Waals surface area contributed by atoms with Gasteiger partial charge in [-0.3, -0.25) is 14.5 Å². The summed E-state index contributed by atoms with van der Waals surface area (Å²) in [4.78, 5) is 31.7. The third-order valence-electron chi connectivity index (χ3n) is 3.98. The van der Waals surface area contributed by atoms with Crippen molar-refractivity contribution < 1.29 is 9.59 Å². The maximum Gasteiger partial charge on any atom is 0.235 e. The Kier molecular flexibility index (Phi) is 3.79. The summed E-state index contributed by atoms with van der Waals surface area (Å²) in [5, 5.41) is 0. The van der Waals surface area contributed by atoms with Crippen molar-refractivity contribution in [2.45, 2.75) is 27.2 Å². The first-order valence-corrected chi connectivity index (χ1v) is 6.80. The van der Waals surface area contributed by atoms with E-state index in [1.54, 1.807) is 30.0 Å². The van der Waals surface area contributed by atoms with E-state index in [1.165, 1.54) is 0 Å². The van der Waals surface area contributed by atoms with Gasteiger partial charge in [0, 0.05) is 33.3 Å². The fourth-order valence-corrected chi connectivity index (χ4v) is 2.57. The number of aryl methyl sites for hydroxylation is 1. The lowest BCUT2D eigenvalue weighted by Crippen LogP contribution is -2.43. The second-order valence-electron chi connectivity index (χ2n) is 5.81.